The molecule has 0 spiro atoms. The second-order valence-corrected chi connectivity index (χ2v) is 5.38. The van der Waals surface area contributed by atoms with Gasteiger partial charge in [-0.05, 0) is 32.3 Å². The SMILES string of the molecule is Cc1nnc(NC(C)CCc2ccccc2)s1. The summed E-state index contributed by atoms with van der Waals surface area (Å²) >= 11 is 1.60. The number of hydrogen-bond acceptors (Lipinski definition) is 4. The largest absolute Gasteiger partial charge is 0.358 e. The predicted molar refractivity (Wildman–Crippen MR) is 72.5 cm³/mol. The van der Waals surface area contributed by atoms with Gasteiger partial charge in [0.1, 0.15) is 5.01 Å². The molecule has 3 nitrogen and oxygen atoms in total. The molecular weight excluding hydrogens is 230 g/mol. The number of aryl methyl sites for hydroxylation is 2. The zero-order chi connectivity index (χ0) is 12.1. The third-order valence-corrected chi connectivity index (χ3v) is 3.37. The van der Waals surface area contributed by atoms with E-state index in [1.807, 2.05) is 6.92 Å². The van der Waals surface area contributed by atoms with Crippen LogP contribution in [0.25, 0.3) is 0 Å². The normalized spacial score (nSPS) is 12.4. The molecule has 0 fully saturated rings. The molecule has 0 radical (unpaired) electrons. The van der Waals surface area contributed by atoms with E-state index >= 15 is 0 Å². The minimum atomic E-state index is 0.419. The van der Waals surface area contributed by atoms with Gasteiger partial charge in [0, 0.05) is 6.04 Å². The average molecular weight is 247 g/mol. The lowest BCUT2D eigenvalue weighted by molar-refractivity contribution is 0.704. The van der Waals surface area contributed by atoms with Crippen LogP contribution in [0.2, 0.25) is 0 Å². The van der Waals surface area contributed by atoms with Crippen LogP contribution in [-0.4, -0.2) is 16.2 Å². The van der Waals surface area contributed by atoms with Gasteiger partial charge >= 0.3 is 0 Å². The van der Waals surface area contributed by atoms with Gasteiger partial charge in [0.2, 0.25) is 5.13 Å². The smallest absolute Gasteiger partial charge is 0.205 e. The number of benzene rings is 1. The Morgan fingerprint density at radius 3 is 2.65 bits per heavy atom. The first kappa shape index (κ1) is 12.0. The van der Waals surface area contributed by atoms with Gasteiger partial charge in [-0.25, -0.2) is 0 Å². The Kier molecular flexibility index (Phi) is 4.09. The van der Waals surface area contributed by atoms with Crippen molar-refractivity contribution in [3.8, 4) is 0 Å². The summed E-state index contributed by atoms with van der Waals surface area (Å²) in [4.78, 5) is 0. The van der Waals surface area contributed by atoms with Crippen LogP contribution in [0.4, 0.5) is 5.13 Å². The van der Waals surface area contributed by atoms with E-state index in [0.29, 0.717) is 6.04 Å². The summed E-state index contributed by atoms with van der Waals surface area (Å²) in [7, 11) is 0. The highest BCUT2D eigenvalue weighted by Gasteiger charge is 2.05. The number of rotatable bonds is 5. The summed E-state index contributed by atoms with van der Waals surface area (Å²) < 4.78 is 0. The van der Waals surface area contributed by atoms with Crippen LogP contribution >= 0.6 is 11.3 Å². The first-order valence-electron chi connectivity index (χ1n) is 5.84. The van der Waals surface area contributed by atoms with Gasteiger partial charge in [-0.2, -0.15) is 0 Å². The second-order valence-electron chi connectivity index (χ2n) is 4.20. The Morgan fingerprint density at radius 2 is 2.00 bits per heavy atom. The van der Waals surface area contributed by atoms with Crippen LogP contribution < -0.4 is 5.32 Å². The Balaban J connectivity index is 1.80. The maximum atomic E-state index is 4.07. The summed E-state index contributed by atoms with van der Waals surface area (Å²) in [6.07, 6.45) is 2.19. The molecule has 1 heterocycles. The van der Waals surface area contributed by atoms with Crippen LogP contribution in [0.3, 0.4) is 0 Å². The van der Waals surface area contributed by atoms with E-state index in [1.165, 1.54) is 5.56 Å². The van der Waals surface area contributed by atoms with E-state index in [4.69, 9.17) is 0 Å². The predicted octanol–water partition coefficient (Wildman–Crippen LogP) is 3.28. The van der Waals surface area contributed by atoms with E-state index in [2.05, 4.69) is 52.8 Å². The third-order valence-electron chi connectivity index (χ3n) is 2.60. The fourth-order valence-electron chi connectivity index (χ4n) is 1.67. The summed E-state index contributed by atoms with van der Waals surface area (Å²) in [5, 5.41) is 13.4. The zero-order valence-corrected chi connectivity index (χ0v) is 11.0. The molecule has 1 unspecified atom stereocenters. The molecule has 90 valence electrons. The van der Waals surface area contributed by atoms with Crippen molar-refractivity contribution in [2.24, 2.45) is 0 Å². The van der Waals surface area contributed by atoms with Crippen molar-refractivity contribution in [3.05, 3.63) is 40.9 Å². The third kappa shape index (κ3) is 3.82. The molecule has 2 aromatic rings. The van der Waals surface area contributed by atoms with Crippen LogP contribution in [0.5, 0.6) is 0 Å². The molecule has 1 N–H and O–H groups in total. The summed E-state index contributed by atoms with van der Waals surface area (Å²) in [6, 6.07) is 11.0. The molecule has 4 heteroatoms. The van der Waals surface area contributed by atoms with E-state index in [1.54, 1.807) is 11.3 Å². The molecule has 0 aliphatic rings. The van der Waals surface area contributed by atoms with Gasteiger partial charge < -0.3 is 5.32 Å². The lowest BCUT2D eigenvalue weighted by Gasteiger charge is -2.12. The summed E-state index contributed by atoms with van der Waals surface area (Å²) in [5.41, 5.74) is 1.38. The Labute approximate surface area is 106 Å². The molecule has 0 aliphatic heterocycles. The van der Waals surface area contributed by atoms with Crippen LogP contribution in [0.1, 0.15) is 23.9 Å². The first-order valence-corrected chi connectivity index (χ1v) is 6.66. The van der Waals surface area contributed by atoms with Crippen molar-refractivity contribution >= 4 is 16.5 Å². The van der Waals surface area contributed by atoms with Crippen molar-refractivity contribution < 1.29 is 0 Å². The lowest BCUT2D eigenvalue weighted by atomic mass is 10.1. The molecule has 0 aliphatic carbocycles. The lowest BCUT2D eigenvalue weighted by Crippen LogP contribution is -2.15. The Bertz CT molecular complexity index is 453. The second kappa shape index (κ2) is 5.77. The van der Waals surface area contributed by atoms with Gasteiger partial charge in [0.15, 0.2) is 0 Å². The van der Waals surface area contributed by atoms with E-state index in [-0.39, 0.29) is 0 Å². The monoisotopic (exact) mass is 247 g/mol. The number of nitrogens with one attached hydrogen (secondary N) is 1. The molecule has 1 aromatic carbocycles. The highest BCUT2D eigenvalue weighted by molar-refractivity contribution is 7.15. The molecule has 1 atom stereocenters. The Hall–Kier alpha value is -1.42. The molecular formula is C13H17N3S. The van der Waals surface area contributed by atoms with E-state index in [9.17, 15) is 0 Å². The molecule has 0 amide bonds. The number of anilines is 1. The number of nitrogens with zero attached hydrogens (tertiary/aromatic N) is 2. The van der Waals surface area contributed by atoms with E-state index in [0.717, 1.165) is 23.0 Å². The van der Waals surface area contributed by atoms with Gasteiger partial charge in [0.05, 0.1) is 0 Å². The van der Waals surface area contributed by atoms with Gasteiger partial charge in [-0.15, -0.1) is 10.2 Å². The molecule has 0 saturated heterocycles. The Morgan fingerprint density at radius 1 is 1.24 bits per heavy atom. The molecule has 2 rings (SSSR count). The molecule has 0 saturated carbocycles. The van der Waals surface area contributed by atoms with Crippen molar-refractivity contribution in [1.29, 1.82) is 0 Å². The van der Waals surface area contributed by atoms with E-state index < -0.39 is 0 Å². The summed E-state index contributed by atoms with van der Waals surface area (Å²) in [5.74, 6) is 0. The maximum Gasteiger partial charge on any atom is 0.205 e. The summed E-state index contributed by atoms with van der Waals surface area (Å²) in [6.45, 7) is 4.15. The molecule has 17 heavy (non-hydrogen) atoms. The fraction of sp³-hybridized carbons (Fsp3) is 0.385. The van der Waals surface area contributed by atoms with Crippen molar-refractivity contribution in [1.82, 2.24) is 10.2 Å². The van der Waals surface area contributed by atoms with Crippen LogP contribution in [0, 0.1) is 6.92 Å². The fourth-order valence-corrected chi connectivity index (χ4v) is 2.37. The van der Waals surface area contributed by atoms with Crippen molar-refractivity contribution in [2.75, 3.05) is 5.32 Å². The van der Waals surface area contributed by atoms with Crippen molar-refractivity contribution in [2.45, 2.75) is 32.7 Å². The average Bonchev–Trinajstić information content (AvgIpc) is 2.73. The standard InChI is InChI=1S/C13H17N3S/c1-10(14-13-16-15-11(2)17-13)8-9-12-6-4-3-5-7-12/h3-7,10H,8-9H2,1-2H3,(H,14,16). The first-order chi connectivity index (χ1) is 8.24. The van der Waals surface area contributed by atoms with Crippen molar-refractivity contribution in [3.63, 3.8) is 0 Å². The van der Waals surface area contributed by atoms with Crippen LogP contribution in [-0.2, 0) is 6.42 Å². The number of aromatic nitrogens is 2. The van der Waals surface area contributed by atoms with Gasteiger partial charge in [-0.3, -0.25) is 0 Å². The minimum absolute atomic E-state index is 0.419. The maximum absolute atomic E-state index is 4.07. The van der Waals surface area contributed by atoms with Crippen LogP contribution in [0.15, 0.2) is 30.3 Å². The minimum Gasteiger partial charge on any atom is -0.358 e. The highest BCUT2D eigenvalue weighted by atomic mass is 32.1. The molecule has 0 bridgehead atoms. The topological polar surface area (TPSA) is 37.8 Å². The zero-order valence-electron chi connectivity index (χ0n) is 10.2. The van der Waals surface area contributed by atoms with Gasteiger partial charge in [0.25, 0.3) is 0 Å². The van der Waals surface area contributed by atoms with Gasteiger partial charge in [-0.1, -0.05) is 41.7 Å². The quantitative estimate of drug-likeness (QED) is 0.881. The number of hydrogen-bond donors (Lipinski definition) is 1. The molecule has 1 aromatic heterocycles. The highest BCUT2D eigenvalue weighted by Crippen LogP contribution is 2.16.